The molecule has 6 heteroatoms. The highest BCUT2D eigenvalue weighted by Crippen LogP contribution is 2.34. The fourth-order valence-electron chi connectivity index (χ4n) is 4.37. The number of piperazine rings is 1. The Morgan fingerprint density at radius 1 is 1.00 bits per heavy atom. The highest BCUT2D eigenvalue weighted by atomic mass is 16.5. The number of rotatable bonds is 6. The topological polar surface area (TPSA) is 56.2 Å². The Hall–Kier alpha value is -2.73. The average molecular weight is 396 g/mol. The quantitative estimate of drug-likeness (QED) is 0.815. The van der Waals surface area contributed by atoms with Crippen molar-refractivity contribution < 1.29 is 14.6 Å². The molecule has 0 spiro atoms. The Morgan fingerprint density at radius 3 is 2.55 bits per heavy atom. The van der Waals surface area contributed by atoms with Crippen LogP contribution in [0.4, 0.5) is 11.4 Å². The molecule has 2 heterocycles. The number of hydrogen-bond donors (Lipinski definition) is 1. The van der Waals surface area contributed by atoms with E-state index in [4.69, 9.17) is 4.74 Å². The molecule has 0 unspecified atom stereocenters. The fourth-order valence-corrected chi connectivity index (χ4v) is 4.37. The van der Waals surface area contributed by atoms with Gasteiger partial charge in [0.2, 0.25) is 5.91 Å². The molecule has 0 aliphatic carbocycles. The minimum Gasteiger partial charge on any atom is -0.508 e. The molecular weight excluding hydrogens is 366 g/mol. The summed E-state index contributed by atoms with van der Waals surface area (Å²) in [6.45, 7) is 5.61. The second kappa shape index (κ2) is 8.74. The molecule has 0 saturated carbocycles. The van der Waals surface area contributed by atoms with Crippen LogP contribution in [-0.4, -0.2) is 62.3 Å². The van der Waals surface area contributed by atoms with Gasteiger partial charge in [-0.25, -0.2) is 0 Å². The van der Waals surface area contributed by atoms with Crippen LogP contribution in [0.25, 0.3) is 0 Å². The number of hydrogen-bond acceptors (Lipinski definition) is 5. The van der Waals surface area contributed by atoms with Gasteiger partial charge in [0.1, 0.15) is 11.5 Å². The molecular formula is C23H29N3O3. The number of nitrogens with zero attached hydrogens (tertiary/aromatic N) is 3. The number of methoxy groups -OCH3 is 1. The summed E-state index contributed by atoms with van der Waals surface area (Å²) in [7, 11) is 1.69. The van der Waals surface area contributed by atoms with Crippen LogP contribution in [0.5, 0.6) is 11.5 Å². The highest BCUT2D eigenvalue weighted by molar-refractivity contribution is 5.96. The third kappa shape index (κ3) is 4.32. The molecule has 29 heavy (non-hydrogen) atoms. The van der Waals surface area contributed by atoms with Gasteiger partial charge >= 0.3 is 0 Å². The lowest BCUT2D eigenvalue weighted by Gasteiger charge is -2.36. The molecule has 1 N–H and O–H groups in total. The maximum atomic E-state index is 12.5. The number of phenolic OH excluding ortho intramolecular Hbond substituents is 1. The Kier molecular flexibility index (Phi) is 5.90. The smallest absolute Gasteiger partial charge is 0.227 e. The van der Waals surface area contributed by atoms with E-state index in [2.05, 4.69) is 9.80 Å². The van der Waals surface area contributed by atoms with Crippen molar-refractivity contribution in [2.75, 3.05) is 56.2 Å². The monoisotopic (exact) mass is 395 g/mol. The Balaban J connectivity index is 1.30. The molecule has 2 aromatic carbocycles. The van der Waals surface area contributed by atoms with Crippen LogP contribution in [-0.2, 0) is 11.2 Å². The third-order valence-corrected chi connectivity index (χ3v) is 5.93. The SMILES string of the molecule is COc1cccc2c1CCC(=O)N2CCCN1CCN(c2cccc(O)c2)CC1. The largest absolute Gasteiger partial charge is 0.508 e. The van der Waals surface area contributed by atoms with Crippen molar-refractivity contribution in [3.8, 4) is 11.5 Å². The first kappa shape index (κ1) is 19.6. The summed E-state index contributed by atoms with van der Waals surface area (Å²) in [5, 5.41) is 9.68. The van der Waals surface area contributed by atoms with E-state index in [0.717, 1.165) is 74.8 Å². The van der Waals surface area contributed by atoms with E-state index in [1.165, 1.54) is 0 Å². The van der Waals surface area contributed by atoms with Gasteiger partial charge in [0.25, 0.3) is 0 Å². The van der Waals surface area contributed by atoms with Crippen LogP contribution >= 0.6 is 0 Å². The lowest BCUT2D eigenvalue weighted by molar-refractivity contribution is -0.118. The molecule has 0 bridgehead atoms. The molecule has 154 valence electrons. The molecule has 1 fully saturated rings. The third-order valence-electron chi connectivity index (χ3n) is 5.93. The summed E-state index contributed by atoms with van der Waals surface area (Å²) < 4.78 is 5.48. The van der Waals surface area contributed by atoms with Crippen molar-refractivity contribution >= 4 is 17.3 Å². The van der Waals surface area contributed by atoms with Gasteiger partial charge in [-0.05, 0) is 43.7 Å². The van der Waals surface area contributed by atoms with Crippen molar-refractivity contribution in [2.45, 2.75) is 19.3 Å². The van der Waals surface area contributed by atoms with Crippen molar-refractivity contribution in [3.63, 3.8) is 0 Å². The highest BCUT2D eigenvalue weighted by Gasteiger charge is 2.26. The van der Waals surface area contributed by atoms with E-state index < -0.39 is 0 Å². The zero-order valence-electron chi connectivity index (χ0n) is 17.0. The molecule has 6 nitrogen and oxygen atoms in total. The summed E-state index contributed by atoms with van der Waals surface area (Å²) in [5.41, 5.74) is 3.23. The molecule has 1 saturated heterocycles. The van der Waals surface area contributed by atoms with Crippen LogP contribution < -0.4 is 14.5 Å². The minimum absolute atomic E-state index is 0.208. The summed E-state index contributed by atoms with van der Waals surface area (Å²) in [6, 6.07) is 13.4. The first-order valence-electron chi connectivity index (χ1n) is 10.4. The first-order chi connectivity index (χ1) is 14.2. The molecule has 1 amide bonds. The standard InChI is InChI=1S/C23H29N3O3/c1-29-22-8-3-7-21-20(22)9-10-23(28)26(21)12-4-11-24-13-15-25(16-14-24)18-5-2-6-19(27)17-18/h2-3,5-8,17,27H,4,9-16H2,1H3. The molecule has 2 aliphatic rings. The van der Waals surface area contributed by atoms with Gasteiger partial charge in [0.15, 0.2) is 0 Å². The van der Waals surface area contributed by atoms with E-state index in [1.807, 2.05) is 41.3 Å². The summed E-state index contributed by atoms with van der Waals surface area (Å²) in [5.74, 6) is 1.40. The van der Waals surface area contributed by atoms with Crippen LogP contribution in [0.2, 0.25) is 0 Å². The lowest BCUT2D eigenvalue weighted by Crippen LogP contribution is -2.47. The molecule has 0 atom stereocenters. The minimum atomic E-state index is 0.208. The zero-order valence-corrected chi connectivity index (χ0v) is 17.0. The molecule has 0 radical (unpaired) electrons. The van der Waals surface area contributed by atoms with E-state index >= 15 is 0 Å². The Labute approximate surface area is 172 Å². The Morgan fingerprint density at radius 2 is 1.79 bits per heavy atom. The van der Waals surface area contributed by atoms with E-state index in [0.29, 0.717) is 12.2 Å². The van der Waals surface area contributed by atoms with Gasteiger partial charge in [0, 0.05) is 56.5 Å². The summed E-state index contributed by atoms with van der Waals surface area (Å²) >= 11 is 0. The maximum Gasteiger partial charge on any atom is 0.227 e. The molecule has 0 aromatic heterocycles. The first-order valence-corrected chi connectivity index (χ1v) is 10.4. The van der Waals surface area contributed by atoms with Crippen LogP contribution in [0.15, 0.2) is 42.5 Å². The van der Waals surface area contributed by atoms with Gasteiger partial charge in [-0.3, -0.25) is 9.69 Å². The number of phenols is 1. The van der Waals surface area contributed by atoms with E-state index in [-0.39, 0.29) is 5.91 Å². The predicted molar refractivity (Wildman–Crippen MR) is 115 cm³/mol. The molecule has 2 aromatic rings. The predicted octanol–water partition coefficient (Wildman–Crippen LogP) is 2.89. The van der Waals surface area contributed by atoms with Gasteiger partial charge < -0.3 is 19.6 Å². The van der Waals surface area contributed by atoms with Crippen molar-refractivity contribution in [3.05, 3.63) is 48.0 Å². The number of carbonyl (C=O) groups excluding carboxylic acids is 1. The van der Waals surface area contributed by atoms with Crippen LogP contribution in [0, 0.1) is 0 Å². The van der Waals surface area contributed by atoms with Crippen molar-refractivity contribution in [1.29, 1.82) is 0 Å². The van der Waals surface area contributed by atoms with Gasteiger partial charge in [-0.15, -0.1) is 0 Å². The van der Waals surface area contributed by atoms with E-state index in [1.54, 1.807) is 13.2 Å². The number of benzene rings is 2. The van der Waals surface area contributed by atoms with E-state index in [9.17, 15) is 9.90 Å². The van der Waals surface area contributed by atoms with Crippen LogP contribution in [0.3, 0.4) is 0 Å². The normalized spacial score (nSPS) is 17.3. The average Bonchev–Trinajstić information content (AvgIpc) is 2.75. The fraction of sp³-hybridized carbons (Fsp3) is 0.435. The molecule has 2 aliphatic heterocycles. The summed E-state index contributed by atoms with van der Waals surface area (Å²) in [6.07, 6.45) is 2.26. The number of amides is 1. The summed E-state index contributed by atoms with van der Waals surface area (Å²) in [4.78, 5) is 19.2. The molecule has 4 rings (SSSR count). The second-order valence-corrected chi connectivity index (χ2v) is 7.71. The van der Waals surface area contributed by atoms with Gasteiger partial charge in [0.05, 0.1) is 12.8 Å². The van der Waals surface area contributed by atoms with Gasteiger partial charge in [-0.2, -0.15) is 0 Å². The number of carbonyl (C=O) groups is 1. The van der Waals surface area contributed by atoms with Crippen LogP contribution in [0.1, 0.15) is 18.4 Å². The maximum absolute atomic E-state index is 12.5. The zero-order chi connectivity index (χ0) is 20.2. The van der Waals surface area contributed by atoms with Crippen molar-refractivity contribution in [1.82, 2.24) is 4.90 Å². The second-order valence-electron chi connectivity index (χ2n) is 7.71. The number of ether oxygens (including phenoxy) is 1. The Bertz CT molecular complexity index is 862. The number of aromatic hydroxyl groups is 1. The number of fused-ring (bicyclic) bond motifs is 1. The van der Waals surface area contributed by atoms with Gasteiger partial charge in [-0.1, -0.05) is 12.1 Å². The lowest BCUT2D eigenvalue weighted by atomic mass is 10.00. The number of anilines is 2. The van der Waals surface area contributed by atoms with Crippen molar-refractivity contribution in [2.24, 2.45) is 0 Å².